The van der Waals surface area contributed by atoms with Crippen molar-refractivity contribution < 1.29 is 9.53 Å². The molecular weight excluding hydrogens is 200 g/mol. The summed E-state index contributed by atoms with van der Waals surface area (Å²) in [6.07, 6.45) is 0.229. The standard InChI is InChI=1S/C9H18N2O2S/c1-7(2)13-4-3-10-9(12)8-5-14-6-11-8/h7-8,11H,3-6H2,1-2H3,(H,10,12). The highest BCUT2D eigenvalue weighted by molar-refractivity contribution is 7.99. The van der Waals surface area contributed by atoms with Gasteiger partial charge in [0.15, 0.2) is 0 Å². The molecule has 4 nitrogen and oxygen atoms in total. The molecule has 0 saturated carbocycles. The number of rotatable bonds is 5. The van der Waals surface area contributed by atoms with E-state index in [2.05, 4.69) is 10.6 Å². The summed E-state index contributed by atoms with van der Waals surface area (Å²) >= 11 is 1.75. The molecule has 1 amide bonds. The molecule has 1 rings (SSSR count). The van der Waals surface area contributed by atoms with Crippen LogP contribution >= 0.6 is 11.8 Å². The molecule has 0 aromatic heterocycles. The number of carbonyl (C=O) groups is 1. The van der Waals surface area contributed by atoms with Gasteiger partial charge < -0.3 is 10.1 Å². The Labute approximate surface area is 89.2 Å². The third-order valence-electron chi connectivity index (χ3n) is 1.89. The van der Waals surface area contributed by atoms with E-state index in [1.165, 1.54) is 0 Å². The zero-order valence-electron chi connectivity index (χ0n) is 8.71. The lowest BCUT2D eigenvalue weighted by atomic mass is 10.3. The first-order chi connectivity index (χ1) is 6.70. The van der Waals surface area contributed by atoms with Crippen LogP contribution in [-0.4, -0.2) is 42.8 Å². The van der Waals surface area contributed by atoms with Gasteiger partial charge in [0.1, 0.15) is 0 Å². The van der Waals surface area contributed by atoms with E-state index in [-0.39, 0.29) is 18.1 Å². The van der Waals surface area contributed by atoms with Gasteiger partial charge >= 0.3 is 0 Å². The second-order valence-corrected chi connectivity index (χ2v) is 4.51. The lowest BCUT2D eigenvalue weighted by Gasteiger charge is -2.11. The van der Waals surface area contributed by atoms with Gasteiger partial charge in [0.2, 0.25) is 5.91 Å². The molecule has 0 aliphatic carbocycles. The van der Waals surface area contributed by atoms with Gasteiger partial charge in [-0.1, -0.05) is 0 Å². The second kappa shape index (κ2) is 6.27. The van der Waals surface area contributed by atoms with Crippen molar-refractivity contribution in [2.24, 2.45) is 0 Å². The molecule has 1 fully saturated rings. The fraction of sp³-hybridized carbons (Fsp3) is 0.889. The topological polar surface area (TPSA) is 50.4 Å². The molecule has 1 unspecified atom stereocenters. The van der Waals surface area contributed by atoms with Crippen LogP contribution in [0.25, 0.3) is 0 Å². The Bertz CT molecular complexity index is 182. The molecular formula is C9H18N2O2S. The van der Waals surface area contributed by atoms with Gasteiger partial charge in [0.25, 0.3) is 0 Å². The van der Waals surface area contributed by atoms with Crippen LogP contribution in [0.1, 0.15) is 13.8 Å². The fourth-order valence-electron chi connectivity index (χ4n) is 1.16. The van der Waals surface area contributed by atoms with E-state index in [0.29, 0.717) is 13.2 Å². The number of nitrogens with one attached hydrogen (secondary N) is 2. The van der Waals surface area contributed by atoms with Crippen molar-refractivity contribution in [2.45, 2.75) is 26.0 Å². The van der Waals surface area contributed by atoms with Gasteiger partial charge in [-0.25, -0.2) is 0 Å². The Hall–Kier alpha value is -0.260. The number of thioether (sulfide) groups is 1. The Balaban J connectivity index is 2.03. The van der Waals surface area contributed by atoms with E-state index < -0.39 is 0 Å². The van der Waals surface area contributed by atoms with Crippen LogP contribution in [-0.2, 0) is 9.53 Å². The molecule has 0 bridgehead atoms. The quantitative estimate of drug-likeness (QED) is 0.647. The number of carbonyl (C=O) groups excluding carboxylic acids is 1. The Kier molecular flexibility index (Phi) is 5.29. The largest absolute Gasteiger partial charge is 0.377 e. The molecule has 0 radical (unpaired) electrons. The molecule has 0 aromatic rings. The molecule has 0 spiro atoms. The third-order valence-corrected chi connectivity index (χ3v) is 2.83. The lowest BCUT2D eigenvalue weighted by Crippen LogP contribution is -2.43. The van der Waals surface area contributed by atoms with Crippen molar-refractivity contribution in [1.29, 1.82) is 0 Å². The smallest absolute Gasteiger partial charge is 0.238 e. The highest BCUT2D eigenvalue weighted by Crippen LogP contribution is 2.08. The zero-order valence-corrected chi connectivity index (χ0v) is 9.52. The maximum absolute atomic E-state index is 11.4. The van der Waals surface area contributed by atoms with Crippen molar-refractivity contribution in [2.75, 3.05) is 24.8 Å². The van der Waals surface area contributed by atoms with Crippen LogP contribution < -0.4 is 10.6 Å². The molecule has 1 aliphatic heterocycles. The lowest BCUT2D eigenvalue weighted by molar-refractivity contribution is -0.122. The molecule has 14 heavy (non-hydrogen) atoms. The van der Waals surface area contributed by atoms with Gasteiger partial charge in [0.05, 0.1) is 18.8 Å². The Morgan fingerprint density at radius 1 is 1.71 bits per heavy atom. The summed E-state index contributed by atoms with van der Waals surface area (Å²) in [4.78, 5) is 11.4. The first kappa shape index (κ1) is 11.8. The number of hydrogen-bond acceptors (Lipinski definition) is 4. The monoisotopic (exact) mass is 218 g/mol. The molecule has 5 heteroatoms. The van der Waals surface area contributed by atoms with E-state index in [1.54, 1.807) is 11.8 Å². The summed E-state index contributed by atoms with van der Waals surface area (Å²) in [6.45, 7) is 5.15. The molecule has 1 atom stereocenters. The van der Waals surface area contributed by atoms with Crippen molar-refractivity contribution in [3.05, 3.63) is 0 Å². The second-order valence-electron chi connectivity index (χ2n) is 3.48. The predicted octanol–water partition coefficient (Wildman–Crippen LogP) is 0.190. The third kappa shape index (κ3) is 4.30. The SMILES string of the molecule is CC(C)OCCNC(=O)C1CSCN1. The van der Waals surface area contributed by atoms with Gasteiger partial charge in [0, 0.05) is 18.2 Å². The van der Waals surface area contributed by atoms with Gasteiger partial charge in [-0.05, 0) is 13.8 Å². The highest BCUT2D eigenvalue weighted by atomic mass is 32.2. The zero-order chi connectivity index (χ0) is 10.4. The van der Waals surface area contributed by atoms with E-state index in [4.69, 9.17) is 4.74 Å². The Morgan fingerprint density at radius 2 is 2.50 bits per heavy atom. The first-order valence-corrected chi connectivity index (χ1v) is 6.06. The normalized spacial score (nSPS) is 21.5. The van der Waals surface area contributed by atoms with Crippen molar-refractivity contribution in [1.82, 2.24) is 10.6 Å². The molecule has 2 N–H and O–H groups in total. The van der Waals surface area contributed by atoms with E-state index in [0.717, 1.165) is 11.6 Å². The fourth-order valence-corrected chi connectivity index (χ4v) is 2.10. The number of amides is 1. The maximum atomic E-state index is 11.4. The van der Waals surface area contributed by atoms with Crippen LogP contribution in [0.15, 0.2) is 0 Å². The highest BCUT2D eigenvalue weighted by Gasteiger charge is 2.21. The number of ether oxygens (including phenoxy) is 1. The molecule has 1 heterocycles. The minimum atomic E-state index is -0.0148. The molecule has 1 aliphatic rings. The first-order valence-electron chi connectivity index (χ1n) is 4.90. The average molecular weight is 218 g/mol. The van der Waals surface area contributed by atoms with Gasteiger partial charge in [-0.15, -0.1) is 11.8 Å². The minimum absolute atomic E-state index is 0.0148. The van der Waals surface area contributed by atoms with Crippen LogP contribution in [0, 0.1) is 0 Å². The predicted molar refractivity (Wildman–Crippen MR) is 58.3 cm³/mol. The summed E-state index contributed by atoms with van der Waals surface area (Å²) in [6, 6.07) is -0.0148. The average Bonchev–Trinajstić information content (AvgIpc) is 2.64. The van der Waals surface area contributed by atoms with Crippen molar-refractivity contribution in [3.8, 4) is 0 Å². The maximum Gasteiger partial charge on any atom is 0.238 e. The summed E-state index contributed by atoms with van der Waals surface area (Å²) in [5.41, 5.74) is 0. The van der Waals surface area contributed by atoms with Gasteiger partial charge in [-0.3, -0.25) is 10.1 Å². The van der Waals surface area contributed by atoms with Crippen LogP contribution in [0.4, 0.5) is 0 Å². The molecule has 0 aromatic carbocycles. The van der Waals surface area contributed by atoms with Crippen LogP contribution in [0.2, 0.25) is 0 Å². The summed E-state index contributed by atoms with van der Waals surface area (Å²) < 4.78 is 5.31. The minimum Gasteiger partial charge on any atom is -0.377 e. The summed E-state index contributed by atoms with van der Waals surface area (Å²) in [5, 5.41) is 5.96. The molecule has 1 saturated heterocycles. The van der Waals surface area contributed by atoms with Gasteiger partial charge in [-0.2, -0.15) is 0 Å². The Morgan fingerprint density at radius 3 is 3.07 bits per heavy atom. The van der Waals surface area contributed by atoms with Crippen molar-refractivity contribution in [3.63, 3.8) is 0 Å². The summed E-state index contributed by atoms with van der Waals surface area (Å²) in [5.74, 6) is 1.83. The van der Waals surface area contributed by atoms with E-state index in [9.17, 15) is 4.79 Å². The van der Waals surface area contributed by atoms with E-state index in [1.807, 2.05) is 13.8 Å². The van der Waals surface area contributed by atoms with Crippen LogP contribution in [0.3, 0.4) is 0 Å². The van der Waals surface area contributed by atoms with Crippen molar-refractivity contribution >= 4 is 17.7 Å². The number of hydrogen-bond donors (Lipinski definition) is 2. The van der Waals surface area contributed by atoms with Crippen LogP contribution in [0.5, 0.6) is 0 Å². The summed E-state index contributed by atoms with van der Waals surface area (Å²) in [7, 11) is 0. The molecule has 82 valence electrons. The van der Waals surface area contributed by atoms with E-state index >= 15 is 0 Å².